The summed E-state index contributed by atoms with van der Waals surface area (Å²) >= 11 is 6.76. The molecule has 1 aromatic heterocycles. The fourth-order valence-electron chi connectivity index (χ4n) is 2.03. The molecule has 0 radical (unpaired) electrons. The van der Waals surface area contributed by atoms with Crippen LogP contribution in [0, 0.1) is 0 Å². The first kappa shape index (κ1) is 14.0. The number of halogens is 2. The van der Waals surface area contributed by atoms with Crippen LogP contribution in [0.5, 0.6) is 0 Å². The number of rotatable bonds is 5. The van der Waals surface area contributed by atoms with Crippen LogP contribution in [0.25, 0.3) is 0 Å². The molecule has 0 aliphatic heterocycles. The minimum Gasteiger partial charge on any atom is -0.334 e. The first-order chi connectivity index (χ1) is 8.72. The summed E-state index contributed by atoms with van der Waals surface area (Å²) in [6, 6.07) is 4.07. The second-order valence-electron chi connectivity index (χ2n) is 4.49. The molecule has 0 spiro atoms. The van der Waals surface area contributed by atoms with Crippen molar-refractivity contribution in [3.63, 3.8) is 0 Å². The smallest absolute Gasteiger partial charge is 0.272 e. The van der Waals surface area contributed by atoms with Crippen molar-refractivity contribution in [3.05, 3.63) is 28.5 Å². The molecule has 98 valence electrons. The van der Waals surface area contributed by atoms with E-state index >= 15 is 0 Å². The molecular weight excluding hydrogens is 360 g/mol. The molecule has 5 heteroatoms. The Morgan fingerprint density at radius 3 is 2.72 bits per heavy atom. The van der Waals surface area contributed by atoms with Crippen LogP contribution in [-0.4, -0.2) is 33.7 Å². The Bertz CT molecular complexity index is 404. The predicted molar refractivity (Wildman–Crippen MR) is 79.0 cm³/mol. The minimum absolute atomic E-state index is 0.0631. The van der Waals surface area contributed by atoms with Crippen molar-refractivity contribution in [1.82, 2.24) is 9.88 Å². The third-order valence-corrected chi connectivity index (χ3v) is 4.29. The number of amides is 1. The monoisotopic (exact) mass is 374 g/mol. The van der Waals surface area contributed by atoms with E-state index in [9.17, 15) is 4.79 Å². The molecule has 1 amide bonds. The highest BCUT2D eigenvalue weighted by Gasteiger charge is 2.29. The van der Waals surface area contributed by atoms with Crippen LogP contribution < -0.4 is 0 Å². The van der Waals surface area contributed by atoms with Gasteiger partial charge in [-0.25, -0.2) is 4.98 Å². The Morgan fingerprint density at radius 2 is 2.22 bits per heavy atom. The fourth-order valence-corrected chi connectivity index (χ4v) is 2.51. The fraction of sp³-hybridized carbons (Fsp3) is 0.538. The normalized spacial score (nSPS) is 15.2. The molecule has 18 heavy (non-hydrogen) atoms. The van der Waals surface area contributed by atoms with Gasteiger partial charge in [0, 0.05) is 28.6 Å². The zero-order valence-corrected chi connectivity index (χ0v) is 13.3. The van der Waals surface area contributed by atoms with Crippen molar-refractivity contribution >= 4 is 37.8 Å². The van der Waals surface area contributed by atoms with Gasteiger partial charge in [0.25, 0.3) is 5.91 Å². The lowest BCUT2D eigenvalue weighted by atomic mass is 9.91. The summed E-state index contributed by atoms with van der Waals surface area (Å²) in [5.41, 5.74) is 0.541. The Balaban J connectivity index is 2.08. The second-order valence-corrected chi connectivity index (χ2v) is 6.20. The topological polar surface area (TPSA) is 33.2 Å². The highest BCUT2D eigenvalue weighted by atomic mass is 79.9. The van der Waals surface area contributed by atoms with Gasteiger partial charge in [-0.1, -0.05) is 15.9 Å². The van der Waals surface area contributed by atoms with Gasteiger partial charge in [-0.3, -0.25) is 4.79 Å². The average Bonchev–Trinajstić information content (AvgIpc) is 2.32. The van der Waals surface area contributed by atoms with E-state index in [0.29, 0.717) is 11.7 Å². The van der Waals surface area contributed by atoms with Gasteiger partial charge in [0.15, 0.2) is 0 Å². The number of nitrogens with zero attached hydrogens (tertiary/aromatic N) is 2. The van der Waals surface area contributed by atoms with Crippen molar-refractivity contribution in [2.75, 3.05) is 11.9 Å². The van der Waals surface area contributed by atoms with E-state index in [4.69, 9.17) is 0 Å². The zero-order valence-electron chi connectivity index (χ0n) is 10.1. The van der Waals surface area contributed by atoms with E-state index in [-0.39, 0.29) is 5.91 Å². The maximum Gasteiger partial charge on any atom is 0.272 e. The van der Waals surface area contributed by atoms with Gasteiger partial charge in [0.05, 0.1) is 0 Å². The van der Waals surface area contributed by atoms with Crippen LogP contribution in [-0.2, 0) is 0 Å². The molecule has 0 aromatic carbocycles. The van der Waals surface area contributed by atoms with Crippen LogP contribution in [0.1, 0.15) is 36.2 Å². The third kappa shape index (κ3) is 3.32. The van der Waals surface area contributed by atoms with E-state index in [1.54, 1.807) is 12.3 Å². The first-order valence-corrected chi connectivity index (χ1v) is 8.12. The van der Waals surface area contributed by atoms with Gasteiger partial charge in [0.2, 0.25) is 0 Å². The summed E-state index contributed by atoms with van der Waals surface area (Å²) in [6.45, 7) is 0.812. The summed E-state index contributed by atoms with van der Waals surface area (Å²) in [4.78, 5) is 18.6. The molecule has 0 saturated heterocycles. The quantitative estimate of drug-likeness (QED) is 0.736. The molecule has 1 aromatic rings. The van der Waals surface area contributed by atoms with E-state index in [0.717, 1.165) is 35.6 Å². The van der Waals surface area contributed by atoms with Gasteiger partial charge >= 0.3 is 0 Å². The highest BCUT2D eigenvalue weighted by Crippen LogP contribution is 2.26. The van der Waals surface area contributed by atoms with E-state index in [1.165, 1.54) is 6.42 Å². The van der Waals surface area contributed by atoms with Gasteiger partial charge < -0.3 is 4.90 Å². The largest absolute Gasteiger partial charge is 0.334 e. The average molecular weight is 376 g/mol. The molecule has 1 fully saturated rings. The summed E-state index contributed by atoms with van der Waals surface area (Å²) in [6.07, 6.45) is 6.15. The van der Waals surface area contributed by atoms with Crippen LogP contribution in [0.4, 0.5) is 0 Å². The summed E-state index contributed by atoms with van der Waals surface area (Å²) in [5.74, 6) is 0.0631. The number of alkyl halides is 1. The summed E-state index contributed by atoms with van der Waals surface area (Å²) in [5, 5.41) is 0.928. The van der Waals surface area contributed by atoms with Crippen molar-refractivity contribution in [2.24, 2.45) is 0 Å². The lowest BCUT2D eigenvalue weighted by Crippen LogP contribution is -2.45. The number of carbonyl (C=O) groups is 1. The molecule has 3 nitrogen and oxygen atoms in total. The van der Waals surface area contributed by atoms with Gasteiger partial charge in [-0.2, -0.15) is 0 Å². The zero-order chi connectivity index (χ0) is 13.0. The molecule has 0 atom stereocenters. The SMILES string of the molecule is O=C(c1ccc(Br)cn1)N(CCCBr)C1CCC1. The summed E-state index contributed by atoms with van der Waals surface area (Å²) in [7, 11) is 0. The summed E-state index contributed by atoms with van der Waals surface area (Å²) < 4.78 is 0.898. The van der Waals surface area contributed by atoms with Gasteiger partial charge in [-0.05, 0) is 53.7 Å². The maximum atomic E-state index is 12.4. The number of aromatic nitrogens is 1. The van der Waals surface area contributed by atoms with Crippen LogP contribution in [0.15, 0.2) is 22.8 Å². The first-order valence-electron chi connectivity index (χ1n) is 6.21. The molecular formula is C13H16Br2N2O. The Morgan fingerprint density at radius 1 is 1.44 bits per heavy atom. The van der Waals surface area contributed by atoms with Crippen molar-refractivity contribution in [1.29, 1.82) is 0 Å². The van der Waals surface area contributed by atoms with Crippen LogP contribution in [0.2, 0.25) is 0 Å². The predicted octanol–water partition coefficient (Wildman–Crippen LogP) is 3.62. The molecule has 0 bridgehead atoms. The van der Waals surface area contributed by atoms with Gasteiger partial charge in [-0.15, -0.1) is 0 Å². The standard InChI is InChI=1S/C13H16Br2N2O/c14-7-2-8-17(11-3-1-4-11)13(18)12-6-5-10(15)9-16-12/h5-6,9,11H,1-4,7-8H2. The molecule has 0 N–H and O–H groups in total. The highest BCUT2D eigenvalue weighted by molar-refractivity contribution is 9.10. The minimum atomic E-state index is 0.0631. The van der Waals surface area contributed by atoms with Crippen molar-refractivity contribution in [2.45, 2.75) is 31.7 Å². The van der Waals surface area contributed by atoms with E-state index in [1.807, 2.05) is 11.0 Å². The third-order valence-electron chi connectivity index (χ3n) is 3.26. The Labute approximate surface area is 124 Å². The van der Waals surface area contributed by atoms with Gasteiger partial charge in [0.1, 0.15) is 5.69 Å². The van der Waals surface area contributed by atoms with Crippen molar-refractivity contribution < 1.29 is 4.79 Å². The molecule has 1 saturated carbocycles. The number of carbonyl (C=O) groups excluding carboxylic acids is 1. The number of hydrogen-bond donors (Lipinski definition) is 0. The van der Waals surface area contributed by atoms with E-state index < -0.39 is 0 Å². The molecule has 2 rings (SSSR count). The molecule has 0 unspecified atom stereocenters. The van der Waals surface area contributed by atoms with Crippen LogP contribution in [0.3, 0.4) is 0 Å². The van der Waals surface area contributed by atoms with Crippen LogP contribution >= 0.6 is 31.9 Å². The Kier molecular flexibility index (Phi) is 5.18. The Hall–Kier alpha value is -0.420. The van der Waals surface area contributed by atoms with E-state index in [2.05, 4.69) is 36.8 Å². The number of pyridine rings is 1. The number of hydrogen-bond acceptors (Lipinski definition) is 2. The maximum absolute atomic E-state index is 12.4. The molecule has 1 aliphatic rings. The second kappa shape index (κ2) is 6.66. The molecule has 1 aliphatic carbocycles. The molecule has 1 heterocycles. The van der Waals surface area contributed by atoms with Crippen molar-refractivity contribution in [3.8, 4) is 0 Å². The lowest BCUT2D eigenvalue weighted by Gasteiger charge is -2.37. The lowest BCUT2D eigenvalue weighted by molar-refractivity contribution is 0.0575.